The molecule has 0 radical (unpaired) electrons. The van der Waals surface area contributed by atoms with Gasteiger partial charge in [0, 0.05) is 0 Å². The zero-order valence-electron chi connectivity index (χ0n) is 11.3. The molecule has 0 bridgehead atoms. The first kappa shape index (κ1) is 16.3. The van der Waals surface area contributed by atoms with E-state index in [-0.39, 0.29) is 5.75 Å². The molecule has 0 fully saturated rings. The van der Waals surface area contributed by atoms with Gasteiger partial charge in [0.25, 0.3) is 0 Å². The fourth-order valence-electron chi connectivity index (χ4n) is 1.42. The predicted octanol–water partition coefficient (Wildman–Crippen LogP) is 2.81. The quantitative estimate of drug-likeness (QED) is 0.782. The number of hydrogen-bond donors (Lipinski definition) is 3. The third-order valence-corrected chi connectivity index (χ3v) is 2.85. The minimum atomic E-state index is -1.26. The number of carbonyl (C=O) groups is 2. The van der Waals surface area contributed by atoms with Gasteiger partial charge in [-0.3, -0.25) is 0 Å². The number of ether oxygens (including phenoxy) is 1. The number of carboxylic acid groups (broad SMARTS) is 1. The molecule has 0 aliphatic rings. The third kappa shape index (κ3) is 4.73. The number of hydrogen-bond acceptors (Lipinski definition) is 4. The molecule has 0 saturated carbocycles. The Bertz CT molecular complexity index is 524. The standard InChI is InChI=1S/C13H16BrNO5/c1-13(2,3)20-12(19)15-10(11(17)18)7-4-5-9(16)8(14)6-7/h4-6,10,16H,1-3H3,(H,15,19)(H,17,18)/t10-/m1/s1. The highest BCUT2D eigenvalue weighted by molar-refractivity contribution is 9.10. The Morgan fingerprint density at radius 1 is 1.35 bits per heavy atom. The van der Waals surface area contributed by atoms with Crippen LogP contribution in [0.25, 0.3) is 0 Å². The van der Waals surface area contributed by atoms with E-state index < -0.39 is 23.7 Å². The van der Waals surface area contributed by atoms with Crippen molar-refractivity contribution in [1.82, 2.24) is 5.32 Å². The molecule has 0 spiro atoms. The van der Waals surface area contributed by atoms with Crippen LogP contribution >= 0.6 is 15.9 Å². The molecule has 0 aromatic heterocycles. The van der Waals surface area contributed by atoms with Gasteiger partial charge in [-0.05, 0) is 54.4 Å². The van der Waals surface area contributed by atoms with Crippen molar-refractivity contribution in [3.63, 3.8) is 0 Å². The number of rotatable bonds is 3. The van der Waals surface area contributed by atoms with Crippen molar-refractivity contribution in [1.29, 1.82) is 0 Å². The number of carbonyl (C=O) groups excluding carboxylic acids is 1. The fourth-order valence-corrected chi connectivity index (χ4v) is 1.81. The van der Waals surface area contributed by atoms with E-state index in [9.17, 15) is 19.8 Å². The summed E-state index contributed by atoms with van der Waals surface area (Å²) in [6.07, 6.45) is -0.825. The number of amides is 1. The normalized spacial score (nSPS) is 12.6. The SMILES string of the molecule is CC(C)(C)OC(=O)N[C@@H](C(=O)O)c1ccc(O)c(Br)c1. The van der Waals surface area contributed by atoms with E-state index in [0.29, 0.717) is 10.0 Å². The molecule has 0 aliphatic carbocycles. The summed E-state index contributed by atoms with van der Waals surface area (Å²) in [5.74, 6) is -1.25. The summed E-state index contributed by atoms with van der Waals surface area (Å²) in [5.41, 5.74) is -0.407. The molecule has 6 nitrogen and oxygen atoms in total. The zero-order valence-corrected chi connectivity index (χ0v) is 12.9. The molecule has 1 atom stereocenters. The van der Waals surface area contributed by atoms with Crippen LogP contribution in [0, 0.1) is 0 Å². The van der Waals surface area contributed by atoms with Crippen molar-refractivity contribution < 1.29 is 24.5 Å². The summed E-state index contributed by atoms with van der Waals surface area (Å²) in [7, 11) is 0. The van der Waals surface area contributed by atoms with E-state index >= 15 is 0 Å². The van der Waals surface area contributed by atoms with E-state index in [1.165, 1.54) is 18.2 Å². The number of carboxylic acids is 1. The van der Waals surface area contributed by atoms with Crippen molar-refractivity contribution >= 4 is 28.0 Å². The van der Waals surface area contributed by atoms with Crippen molar-refractivity contribution in [2.75, 3.05) is 0 Å². The minimum Gasteiger partial charge on any atom is -0.507 e. The lowest BCUT2D eigenvalue weighted by Gasteiger charge is -2.22. The van der Waals surface area contributed by atoms with Crippen LogP contribution in [0.15, 0.2) is 22.7 Å². The fraction of sp³-hybridized carbons (Fsp3) is 0.385. The molecule has 110 valence electrons. The first-order valence-corrected chi connectivity index (χ1v) is 6.60. The minimum absolute atomic E-state index is 0.0184. The van der Waals surface area contributed by atoms with E-state index in [0.717, 1.165) is 0 Å². The molecule has 1 amide bonds. The van der Waals surface area contributed by atoms with Gasteiger partial charge >= 0.3 is 12.1 Å². The summed E-state index contributed by atoms with van der Waals surface area (Å²) in [5, 5.41) is 20.9. The number of halogens is 1. The number of phenolic OH excluding ortho intramolecular Hbond substituents is 1. The van der Waals surface area contributed by atoms with Crippen LogP contribution in [0.5, 0.6) is 5.75 Å². The number of aliphatic carboxylic acids is 1. The Kier molecular flexibility index (Phi) is 4.99. The smallest absolute Gasteiger partial charge is 0.408 e. The molecule has 0 unspecified atom stereocenters. The number of alkyl carbamates (subject to hydrolysis) is 1. The van der Waals surface area contributed by atoms with Crippen LogP contribution in [0.1, 0.15) is 32.4 Å². The van der Waals surface area contributed by atoms with Gasteiger partial charge < -0.3 is 20.3 Å². The summed E-state index contributed by atoms with van der Waals surface area (Å²) in [6, 6.07) is 2.91. The number of phenols is 1. The van der Waals surface area contributed by atoms with Crippen molar-refractivity contribution in [2.45, 2.75) is 32.4 Å². The molecule has 0 saturated heterocycles. The molecule has 0 heterocycles. The number of aromatic hydroxyl groups is 1. The maximum Gasteiger partial charge on any atom is 0.408 e. The van der Waals surface area contributed by atoms with E-state index in [4.69, 9.17) is 4.74 Å². The molecule has 1 aromatic rings. The monoisotopic (exact) mass is 345 g/mol. The van der Waals surface area contributed by atoms with Crippen molar-refractivity contribution in [3.8, 4) is 5.75 Å². The third-order valence-electron chi connectivity index (χ3n) is 2.21. The molecular weight excluding hydrogens is 330 g/mol. The Hall–Kier alpha value is -1.76. The topological polar surface area (TPSA) is 95.9 Å². The maximum atomic E-state index is 11.6. The van der Waals surface area contributed by atoms with Gasteiger partial charge in [-0.15, -0.1) is 0 Å². The predicted molar refractivity (Wildman–Crippen MR) is 75.6 cm³/mol. The molecule has 20 heavy (non-hydrogen) atoms. The zero-order chi connectivity index (χ0) is 15.5. The molecule has 1 rings (SSSR count). The van der Waals surface area contributed by atoms with Crippen molar-refractivity contribution in [2.24, 2.45) is 0 Å². The van der Waals surface area contributed by atoms with Gasteiger partial charge in [0.2, 0.25) is 0 Å². The molecule has 3 N–H and O–H groups in total. The van der Waals surface area contributed by atoms with Crippen LogP contribution in [0.4, 0.5) is 4.79 Å². The van der Waals surface area contributed by atoms with E-state index in [1.54, 1.807) is 20.8 Å². The first-order valence-electron chi connectivity index (χ1n) is 5.81. The summed E-state index contributed by atoms with van der Waals surface area (Å²) in [4.78, 5) is 22.9. The van der Waals surface area contributed by atoms with Gasteiger partial charge in [-0.2, -0.15) is 0 Å². The Labute approximate surface area is 124 Å². The van der Waals surface area contributed by atoms with E-state index in [1.807, 2.05) is 0 Å². The Balaban J connectivity index is 2.92. The Morgan fingerprint density at radius 3 is 2.40 bits per heavy atom. The highest BCUT2D eigenvalue weighted by atomic mass is 79.9. The highest BCUT2D eigenvalue weighted by Crippen LogP contribution is 2.27. The van der Waals surface area contributed by atoms with Crippen LogP contribution in [0.2, 0.25) is 0 Å². The highest BCUT2D eigenvalue weighted by Gasteiger charge is 2.25. The lowest BCUT2D eigenvalue weighted by molar-refractivity contribution is -0.139. The van der Waals surface area contributed by atoms with Crippen LogP contribution in [-0.4, -0.2) is 27.9 Å². The number of benzene rings is 1. The first-order chi connectivity index (χ1) is 9.10. The molecule has 0 aliphatic heterocycles. The molecule has 7 heteroatoms. The average Bonchev–Trinajstić information content (AvgIpc) is 2.27. The average molecular weight is 346 g/mol. The largest absolute Gasteiger partial charge is 0.507 e. The maximum absolute atomic E-state index is 11.6. The van der Waals surface area contributed by atoms with E-state index in [2.05, 4.69) is 21.2 Å². The summed E-state index contributed by atoms with van der Waals surface area (Å²) < 4.78 is 5.36. The molecule has 1 aromatic carbocycles. The van der Waals surface area contributed by atoms with Gasteiger partial charge in [0.1, 0.15) is 11.4 Å². The molecular formula is C13H16BrNO5. The van der Waals surface area contributed by atoms with Gasteiger partial charge in [0.05, 0.1) is 4.47 Å². The second kappa shape index (κ2) is 6.13. The summed E-state index contributed by atoms with van der Waals surface area (Å²) in [6.45, 7) is 5.04. The van der Waals surface area contributed by atoms with Crippen LogP contribution < -0.4 is 5.32 Å². The second-order valence-corrected chi connectivity index (χ2v) is 5.98. The lowest BCUT2D eigenvalue weighted by atomic mass is 10.1. The summed E-state index contributed by atoms with van der Waals surface area (Å²) >= 11 is 3.09. The van der Waals surface area contributed by atoms with Gasteiger partial charge in [0.15, 0.2) is 6.04 Å². The second-order valence-electron chi connectivity index (χ2n) is 5.13. The van der Waals surface area contributed by atoms with Crippen molar-refractivity contribution in [3.05, 3.63) is 28.2 Å². The van der Waals surface area contributed by atoms with Crippen LogP contribution in [0.3, 0.4) is 0 Å². The van der Waals surface area contributed by atoms with Crippen LogP contribution in [-0.2, 0) is 9.53 Å². The number of nitrogens with one attached hydrogen (secondary N) is 1. The van der Waals surface area contributed by atoms with Gasteiger partial charge in [-0.1, -0.05) is 6.07 Å². The Morgan fingerprint density at radius 2 is 1.95 bits per heavy atom. The van der Waals surface area contributed by atoms with Gasteiger partial charge in [-0.25, -0.2) is 9.59 Å². The lowest BCUT2D eigenvalue weighted by Crippen LogP contribution is -2.38.